The van der Waals surface area contributed by atoms with E-state index in [-0.39, 0.29) is 16.5 Å². The summed E-state index contributed by atoms with van der Waals surface area (Å²) in [5.41, 5.74) is 0.608. The van der Waals surface area contributed by atoms with Crippen LogP contribution in [0.4, 0.5) is 13.2 Å². The molecule has 0 saturated heterocycles. The molecular formula is C12H4ClF3N2S. The Hall–Kier alpha value is -1.66. The van der Waals surface area contributed by atoms with Crippen LogP contribution >= 0.6 is 22.9 Å². The average molecular weight is 301 g/mol. The molecule has 0 aliphatic heterocycles. The smallest absolute Gasteiger partial charge is 0.194 e. The van der Waals surface area contributed by atoms with Crippen molar-refractivity contribution in [3.63, 3.8) is 0 Å². The van der Waals surface area contributed by atoms with E-state index in [4.69, 9.17) is 11.6 Å². The first-order valence-electron chi connectivity index (χ1n) is 5.12. The van der Waals surface area contributed by atoms with Gasteiger partial charge in [-0.15, -0.1) is 11.3 Å². The first kappa shape index (κ1) is 12.4. The molecule has 96 valence electrons. The molecule has 19 heavy (non-hydrogen) atoms. The molecule has 2 heterocycles. The lowest BCUT2D eigenvalue weighted by molar-refractivity contribution is 0.447. The van der Waals surface area contributed by atoms with E-state index in [9.17, 15) is 13.2 Å². The van der Waals surface area contributed by atoms with Crippen LogP contribution in [0.3, 0.4) is 0 Å². The molecule has 0 aliphatic rings. The highest BCUT2D eigenvalue weighted by atomic mass is 35.5. The van der Waals surface area contributed by atoms with E-state index < -0.39 is 17.5 Å². The molecular weight excluding hydrogens is 297 g/mol. The van der Waals surface area contributed by atoms with Crippen molar-refractivity contribution in [2.75, 3.05) is 0 Å². The van der Waals surface area contributed by atoms with Gasteiger partial charge in [-0.25, -0.2) is 23.1 Å². The van der Waals surface area contributed by atoms with Crippen molar-refractivity contribution in [3.05, 3.63) is 46.2 Å². The quantitative estimate of drug-likeness (QED) is 0.491. The zero-order valence-electron chi connectivity index (χ0n) is 9.12. The van der Waals surface area contributed by atoms with Crippen LogP contribution in [0.25, 0.3) is 21.6 Å². The number of fused-ring (bicyclic) bond motifs is 1. The van der Waals surface area contributed by atoms with Crippen LogP contribution in [0.15, 0.2) is 23.6 Å². The van der Waals surface area contributed by atoms with E-state index in [1.54, 1.807) is 11.4 Å². The van der Waals surface area contributed by atoms with Gasteiger partial charge in [0.2, 0.25) is 0 Å². The lowest BCUT2D eigenvalue weighted by Crippen LogP contribution is -1.95. The topological polar surface area (TPSA) is 25.8 Å². The Morgan fingerprint density at radius 2 is 1.74 bits per heavy atom. The van der Waals surface area contributed by atoms with Gasteiger partial charge < -0.3 is 0 Å². The molecule has 2 aromatic heterocycles. The molecule has 3 aromatic rings. The van der Waals surface area contributed by atoms with Gasteiger partial charge in [-0.05, 0) is 23.6 Å². The molecule has 0 unspecified atom stereocenters. The largest absolute Gasteiger partial charge is 0.227 e. The minimum absolute atomic E-state index is 0.0337. The van der Waals surface area contributed by atoms with Crippen LogP contribution in [-0.4, -0.2) is 9.97 Å². The Bertz CT molecular complexity index is 765. The Morgan fingerprint density at radius 1 is 1.05 bits per heavy atom. The summed E-state index contributed by atoms with van der Waals surface area (Å²) >= 11 is 7.32. The molecule has 0 atom stereocenters. The lowest BCUT2D eigenvalue weighted by Gasteiger charge is -2.03. The third kappa shape index (κ3) is 2.06. The van der Waals surface area contributed by atoms with E-state index in [0.717, 1.165) is 12.1 Å². The second-order valence-electron chi connectivity index (χ2n) is 3.73. The maximum atomic E-state index is 13.2. The molecule has 1 aromatic carbocycles. The van der Waals surface area contributed by atoms with Crippen LogP contribution in [0.5, 0.6) is 0 Å². The molecule has 7 heteroatoms. The molecule has 0 fully saturated rings. The average Bonchev–Trinajstić information content (AvgIpc) is 2.84. The summed E-state index contributed by atoms with van der Waals surface area (Å²) in [6, 6.07) is 3.39. The predicted octanol–water partition coefficient (Wildman–Crippen LogP) is 4.43. The van der Waals surface area contributed by atoms with Gasteiger partial charge in [0.15, 0.2) is 28.4 Å². The van der Waals surface area contributed by atoms with Crippen molar-refractivity contribution < 1.29 is 13.2 Å². The molecule has 0 aliphatic carbocycles. The van der Waals surface area contributed by atoms with Gasteiger partial charge in [0.25, 0.3) is 0 Å². The number of aromatic nitrogens is 2. The van der Waals surface area contributed by atoms with E-state index in [0.29, 0.717) is 10.2 Å². The molecule has 0 amide bonds. The van der Waals surface area contributed by atoms with Crippen LogP contribution in [0.2, 0.25) is 5.15 Å². The fourth-order valence-corrected chi connectivity index (χ4v) is 2.66. The standard InChI is InChI=1S/C12H4ClF3N2S/c13-11-10-8(1-2-19-10)17-12(18-11)5-3-6(14)9(16)7(15)4-5/h1-4H. The van der Waals surface area contributed by atoms with Gasteiger partial charge in [-0.3, -0.25) is 0 Å². The second kappa shape index (κ2) is 4.47. The van der Waals surface area contributed by atoms with Crippen molar-refractivity contribution >= 4 is 33.2 Å². The van der Waals surface area contributed by atoms with E-state index in [1.807, 2.05) is 0 Å². The Kier molecular flexibility index (Phi) is 2.91. The van der Waals surface area contributed by atoms with Gasteiger partial charge in [0.1, 0.15) is 0 Å². The lowest BCUT2D eigenvalue weighted by atomic mass is 10.2. The fourth-order valence-electron chi connectivity index (χ4n) is 1.64. The number of halogens is 4. The summed E-state index contributed by atoms with van der Waals surface area (Å²) in [6.45, 7) is 0. The highest BCUT2D eigenvalue weighted by Gasteiger charge is 2.15. The summed E-state index contributed by atoms with van der Waals surface area (Å²) in [6.07, 6.45) is 0. The zero-order chi connectivity index (χ0) is 13.6. The Labute approximate surface area is 114 Å². The van der Waals surface area contributed by atoms with Crippen molar-refractivity contribution in [2.24, 2.45) is 0 Å². The van der Waals surface area contributed by atoms with Crippen LogP contribution in [0.1, 0.15) is 0 Å². The number of hydrogen-bond acceptors (Lipinski definition) is 3. The number of hydrogen-bond donors (Lipinski definition) is 0. The number of nitrogens with zero attached hydrogens (tertiary/aromatic N) is 2. The molecule has 0 N–H and O–H groups in total. The summed E-state index contributed by atoms with van der Waals surface area (Å²) in [4.78, 5) is 8.10. The highest BCUT2D eigenvalue weighted by molar-refractivity contribution is 7.17. The molecule has 0 spiro atoms. The first-order valence-corrected chi connectivity index (χ1v) is 6.37. The number of thiophene rings is 1. The summed E-state index contributed by atoms with van der Waals surface area (Å²) in [5, 5.41) is 1.97. The Balaban J connectivity index is 2.24. The third-order valence-electron chi connectivity index (χ3n) is 2.50. The normalized spacial score (nSPS) is 11.2. The monoisotopic (exact) mass is 300 g/mol. The molecule has 3 rings (SSSR count). The summed E-state index contributed by atoms with van der Waals surface area (Å²) in [7, 11) is 0. The minimum atomic E-state index is -1.52. The van der Waals surface area contributed by atoms with Gasteiger partial charge in [0, 0.05) is 5.56 Å². The molecule has 0 saturated carbocycles. The zero-order valence-corrected chi connectivity index (χ0v) is 10.7. The molecule has 0 radical (unpaired) electrons. The van der Waals surface area contributed by atoms with Gasteiger partial charge in [-0.1, -0.05) is 11.6 Å². The SMILES string of the molecule is Fc1cc(-c2nc(Cl)c3sccc3n2)cc(F)c1F. The highest BCUT2D eigenvalue weighted by Crippen LogP contribution is 2.29. The maximum Gasteiger partial charge on any atom is 0.194 e. The maximum absolute atomic E-state index is 13.2. The summed E-state index contributed by atoms with van der Waals surface area (Å²) < 4.78 is 39.9. The summed E-state index contributed by atoms with van der Waals surface area (Å²) in [5.74, 6) is -4.06. The van der Waals surface area contributed by atoms with Crippen molar-refractivity contribution in [2.45, 2.75) is 0 Å². The first-order chi connectivity index (χ1) is 9.06. The van der Waals surface area contributed by atoms with Crippen molar-refractivity contribution in [1.82, 2.24) is 9.97 Å². The molecule has 2 nitrogen and oxygen atoms in total. The van der Waals surface area contributed by atoms with E-state index in [2.05, 4.69) is 9.97 Å². The second-order valence-corrected chi connectivity index (χ2v) is 5.00. The number of benzene rings is 1. The van der Waals surface area contributed by atoms with Gasteiger partial charge in [0.05, 0.1) is 10.2 Å². The molecule has 0 bridgehead atoms. The number of rotatable bonds is 1. The third-order valence-corrected chi connectivity index (χ3v) is 3.80. The predicted molar refractivity (Wildman–Crippen MR) is 67.7 cm³/mol. The van der Waals surface area contributed by atoms with E-state index in [1.165, 1.54) is 11.3 Å². The van der Waals surface area contributed by atoms with Crippen LogP contribution in [-0.2, 0) is 0 Å². The minimum Gasteiger partial charge on any atom is -0.227 e. The Morgan fingerprint density at radius 3 is 2.42 bits per heavy atom. The van der Waals surface area contributed by atoms with Gasteiger partial charge >= 0.3 is 0 Å². The fraction of sp³-hybridized carbons (Fsp3) is 0. The van der Waals surface area contributed by atoms with Crippen LogP contribution in [0, 0.1) is 17.5 Å². The van der Waals surface area contributed by atoms with Crippen molar-refractivity contribution in [1.29, 1.82) is 0 Å². The van der Waals surface area contributed by atoms with Crippen molar-refractivity contribution in [3.8, 4) is 11.4 Å². The van der Waals surface area contributed by atoms with Gasteiger partial charge in [-0.2, -0.15) is 0 Å². The van der Waals surface area contributed by atoms with Crippen LogP contribution < -0.4 is 0 Å². The van der Waals surface area contributed by atoms with E-state index >= 15 is 0 Å².